The highest BCUT2D eigenvalue weighted by Gasteiger charge is 2.30. The lowest BCUT2D eigenvalue weighted by molar-refractivity contribution is 0.155. The van der Waals surface area contributed by atoms with Gasteiger partial charge in [-0.15, -0.1) is 0 Å². The maximum atomic E-state index is 8.59. The van der Waals surface area contributed by atoms with Crippen LogP contribution >= 0.6 is 0 Å². The van der Waals surface area contributed by atoms with Crippen LogP contribution in [0.25, 0.3) is 0 Å². The molecule has 0 amide bonds. The fraction of sp³-hybridized carbons (Fsp3) is 0.583. The Balaban J connectivity index is 1.76. The zero-order valence-corrected chi connectivity index (χ0v) is 9.05. The summed E-state index contributed by atoms with van der Waals surface area (Å²) in [4.78, 5) is 0. The van der Waals surface area contributed by atoms with E-state index in [2.05, 4.69) is 12.2 Å². The Morgan fingerprint density at radius 3 is 2.87 bits per heavy atom. The molecule has 0 aliphatic heterocycles. The Labute approximate surface area is 90.1 Å². The van der Waals surface area contributed by atoms with Gasteiger partial charge in [-0.3, -0.25) is 0 Å². The fourth-order valence-electron chi connectivity index (χ4n) is 1.98. The second-order valence-corrected chi connectivity index (χ2v) is 4.65. The van der Waals surface area contributed by atoms with Crippen LogP contribution in [0.1, 0.15) is 37.7 Å². The molecule has 80 valence electrons. The molecule has 1 saturated carbocycles. The molecule has 3 nitrogen and oxygen atoms in total. The molecule has 2 rings (SSSR count). The number of furan rings is 1. The summed E-state index contributed by atoms with van der Waals surface area (Å²) in [5.41, 5.74) is 0.491. The van der Waals surface area contributed by atoms with Gasteiger partial charge in [0.15, 0.2) is 0 Å². The van der Waals surface area contributed by atoms with Crippen LogP contribution in [0.15, 0.2) is 16.5 Å². The molecule has 0 saturated heterocycles. The summed E-state index contributed by atoms with van der Waals surface area (Å²) in [5, 5.41) is 12.0. The first kappa shape index (κ1) is 10.3. The van der Waals surface area contributed by atoms with Crippen molar-refractivity contribution in [1.29, 1.82) is 5.26 Å². The molecule has 0 atom stereocenters. The molecule has 1 fully saturated rings. The van der Waals surface area contributed by atoms with Gasteiger partial charge in [0, 0.05) is 6.54 Å². The largest absolute Gasteiger partial charge is 0.449 e. The Kier molecular flexibility index (Phi) is 2.79. The normalized spacial score (nSPS) is 18.1. The molecule has 1 aromatic heterocycles. The van der Waals surface area contributed by atoms with E-state index >= 15 is 0 Å². The van der Waals surface area contributed by atoms with Crippen LogP contribution in [-0.2, 0) is 6.54 Å². The minimum Gasteiger partial charge on any atom is -0.449 e. The second-order valence-electron chi connectivity index (χ2n) is 4.65. The molecule has 3 heteroatoms. The van der Waals surface area contributed by atoms with Crippen molar-refractivity contribution in [3.05, 3.63) is 23.7 Å². The van der Waals surface area contributed by atoms with E-state index in [0.717, 1.165) is 18.8 Å². The van der Waals surface area contributed by atoms with E-state index in [0.29, 0.717) is 11.2 Å². The van der Waals surface area contributed by atoms with Gasteiger partial charge < -0.3 is 9.73 Å². The maximum absolute atomic E-state index is 8.59. The molecular weight excluding hydrogens is 188 g/mol. The molecule has 15 heavy (non-hydrogen) atoms. The maximum Gasteiger partial charge on any atom is 0.203 e. The molecule has 0 unspecified atom stereocenters. The summed E-state index contributed by atoms with van der Waals surface area (Å²) in [6.45, 7) is 4.07. The first-order chi connectivity index (χ1) is 7.22. The molecule has 1 aliphatic rings. The van der Waals surface area contributed by atoms with Crippen LogP contribution in [0.2, 0.25) is 0 Å². The van der Waals surface area contributed by atoms with Crippen LogP contribution in [0, 0.1) is 16.7 Å². The summed E-state index contributed by atoms with van der Waals surface area (Å²) in [5.74, 6) is 1.23. The van der Waals surface area contributed by atoms with Crippen molar-refractivity contribution in [1.82, 2.24) is 5.32 Å². The van der Waals surface area contributed by atoms with Crippen LogP contribution in [0.5, 0.6) is 0 Å². The third-order valence-corrected chi connectivity index (χ3v) is 3.18. The second kappa shape index (κ2) is 4.08. The van der Waals surface area contributed by atoms with Gasteiger partial charge in [0.2, 0.25) is 5.76 Å². The summed E-state index contributed by atoms with van der Waals surface area (Å²) in [6.07, 6.45) is 4.00. The Bertz CT molecular complexity index is 371. The predicted octanol–water partition coefficient (Wildman–Crippen LogP) is 2.43. The molecular formula is C12H16N2O. The molecule has 1 heterocycles. The van der Waals surface area contributed by atoms with Crippen LogP contribution in [0.4, 0.5) is 0 Å². The van der Waals surface area contributed by atoms with Crippen molar-refractivity contribution in [2.45, 2.75) is 32.7 Å². The van der Waals surface area contributed by atoms with Crippen LogP contribution in [0.3, 0.4) is 0 Å². The zero-order chi connectivity index (χ0) is 10.7. The van der Waals surface area contributed by atoms with Crippen molar-refractivity contribution in [3.8, 4) is 6.07 Å². The van der Waals surface area contributed by atoms with Crippen molar-refractivity contribution >= 4 is 0 Å². The molecule has 0 spiro atoms. The lowest BCUT2D eigenvalue weighted by atomic mass is 9.70. The Morgan fingerprint density at radius 1 is 1.53 bits per heavy atom. The molecule has 1 aliphatic carbocycles. The molecule has 1 N–H and O–H groups in total. The summed E-state index contributed by atoms with van der Waals surface area (Å²) in [6, 6.07) is 5.55. The van der Waals surface area contributed by atoms with E-state index in [9.17, 15) is 0 Å². The van der Waals surface area contributed by atoms with Gasteiger partial charge in [-0.2, -0.15) is 5.26 Å². The topological polar surface area (TPSA) is 49.0 Å². The summed E-state index contributed by atoms with van der Waals surface area (Å²) in [7, 11) is 0. The van der Waals surface area contributed by atoms with E-state index in [-0.39, 0.29) is 0 Å². The monoisotopic (exact) mass is 204 g/mol. The summed E-state index contributed by atoms with van der Waals surface area (Å²) >= 11 is 0. The smallest absolute Gasteiger partial charge is 0.203 e. The number of nitrogens with zero attached hydrogens (tertiary/aromatic N) is 1. The van der Waals surface area contributed by atoms with E-state index in [1.165, 1.54) is 19.3 Å². The van der Waals surface area contributed by atoms with Crippen molar-refractivity contribution in [2.75, 3.05) is 6.54 Å². The molecule has 0 radical (unpaired) electrons. The van der Waals surface area contributed by atoms with Gasteiger partial charge in [0.25, 0.3) is 0 Å². The highest BCUT2D eigenvalue weighted by atomic mass is 16.3. The third kappa shape index (κ3) is 2.40. The quantitative estimate of drug-likeness (QED) is 0.819. The van der Waals surface area contributed by atoms with E-state index in [4.69, 9.17) is 9.68 Å². The minimum absolute atomic E-state index is 0.390. The first-order valence-corrected chi connectivity index (χ1v) is 5.41. The van der Waals surface area contributed by atoms with Gasteiger partial charge >= 0.3 is 0 Å². The predicted molar refractivity (Wildman–Crippen MR) is 57.1 cm³/mol. The molecule has 0 bridgehead atoms. The molecule has 0 aromatic carbocycles. The van der Waals surface area contributed by atoms with Gasteiger partial charge in [-0.25, -0.2) is 0 Å². The average Bonchev–Trinajstić information content (AvgIpc) is 2.63. The van der Waals surface area contributed by atoms with E-state index in [1.54, 1.807) is 6.07 Å². The van der Waals surface area contributed by atoms with Crippen molar-refractivity contribution < 1.29 is 4.42 Å². The standard InChI is InChI=1S/C12H16N2O/c1-12(5-2-6-12)9-14-8-11-4-3-10(7-13)15-11/h3-4,14H,2,5-6,8-9H2,1H3. The highest BCUT2D eigenvalue weighted by molar-refractivity contribution is 5.18. The number of hydrogen-bond donors (Lipinski definition) is 1. The fourth-order valence-corrected chi connectivity index (χ4v) is 1.98. The lowest BCUT2D eigenvalue weighted by Crippen LogP contribution is -2.36. The number of hydrogen-bond acceptors (Lipinski definition) is 3. The highest BCUT2D eigenvalue weighted by Crippen LogP contribution is 2.39. The van der Waals surface area contributed by atoms with Gasteiger partial charge in [-0.05, 0) is 30.4 Å². The van der Waals surface area contributed by atoms with Crippen LogP contribution in [-0.4, -0.2) is 6.54 Å². The number of nitrogens with one attached hydrogen (secondary N) is 1. The van der Waals surface area contributed by atoms with Gasteiger partial charge in [0.1, 0.15) is 11.8 Å². The van der Waals surface area contributed by atoms with Gasteiger partial charge in [-0.1, -0.05) is 13.3 Å². The van der Waals surface area contributed by atoms with E-state index in [1.807, 2.05) is 12.1 Å². The number of nitriles is 1. The van der Waals surface area contributed by atoms with Crippen molar-refractivity contribution in [3.63, 3.8) is 0 Å². The average molecular weight is 204 g/mol. The molecule has 1 aromatic rings. The Morgan fingerprint density at radius 2 is 2.33 bits per heavy atom. The van der Waals surface area contributed by atoms with Crippen LogP contribution < -0.4 is 5.32 Å². The van der Waals surface area contributed by atoms with Crippen molar-refractivity contribution in [2.24, 2.45) is 5.41 Å². The summed E-state index contributed by atoms with van der Waals surface area (Å²) < 4.78 is 5.28. The SMILES string of the molecule is CC1(CNCc2ccc(C#N)o2)CCC1. The Hall–Kier alpha value is -1.27. The van der Waals surface area contributed by atoms with Gasteiger partial charge in [0.05, 0.1) is 6.54 Å². The van der Waals surface area contributed by atoms with E-state index < -0.39 is 0 Å². The third-order valence-electron chi connectivity index (χ3n) is 3.18. The zero-order valence-electron chi connectivity index (χ0n) is 9.05. The first-order valence-electron chi connectivity index (χ1n) is 5.41. The minimum atomic E-state index is 0.390. The lowest BCUT2D eigenvalue weighted by Gasteiger charge is -2.38. The number of rotatable bonds is 4.